The first-order valence-electron chi connectivity index (χ1n) is 9.40. The van der Waals surface area contributed by atoms with E-state index < -0.39 is 6.10 Å². The molecule has 2 aromatic carbocycles. The van der Waals surface area contributed by atoms with Gasteiger partial charge in [0.2, 0.25) is 0 Å². The molecule has 0 spiro atoms. The van der Waals surface area contributed by atoms with Gasteiger partial charge < -0.3 is 15.4 Å². The number of nitrogens with one attached hydrogen (secondary N) is 2. The number of benzene rings is 2. The monoisotopic (exact) mass is 441 g/mol. The van der Waals surface area contributed by atoms with Crippen LogP contribution in [-0.2, 0) is 29.0 Å². The highest BCUT2D eigenvalue weighted by molar-refractivity contribution is 5.94. The molecule has 1 unspecified atom stereocenters. The Balaban J connectivity index is 0.00000150. The minimum absolute atomic E-state index is 0. The van der Waals surface area contributed by atoms with Crippen LogP contribution in [0.3, 0.4) is 0 Å². The number of rotatable bonds is 4. The van der Waals surface area contributed by atoms with Crippen molar-refractivity contribution in [2.75, 3.05) is 31.6 Å². The summed E-state index contributed by atoms with van der Waals surface area (Å²) >= 11 is 0. The molecule has 158 valence electrons. The van der Waals surface area contributed by atoms with Crippen LogP contribution in [0, 0.1) is 5.82 Å². The van der Waals surface area contributed by atoms with E-state index in [2.05, 4.69) is 27.7 Å². The summed E-state index contributed by atoms with van der Waals surface area (Å²) in [6.45, 7) is 3.95. The second-order valence-corrected chi connectivity index (χ2v) is 7.06. The maximum atomic E-state index is 14.8. The molecular weight excluding hydrogens is 416 g/mol. The molecule has 1 amide bonds. The molecule has 0 aromatic heterocycles. The maximum absolute atomic E-state index is 14.8. The van der Waals surface area contributed by atoms with Gasteiger partial charge in [0.05, 0.1) is 12.3 Å². The van der Waals surface area contributed by atoms with E-state index >= 15 is 0 Å². The lowest BCUT2D eigenvalue weighted by atomic mass is 9.99. The largest absolute Gasteiger partial charge is 0.366 e. The van der Waals surface area contributed by atoms with Gasteiger partial charge in [0.1, 0.15) is 11.9 Å². The summed E-state index contributed by atoms with van der Waals surface area (Å²) < 4.78 is 20.4. The number of halogens is 3. The normalized spacial score (nSPS) is 18.7. The molecule has 0 radical (unpaired) electrons. The summed E-state index contributed by atoms with van der Waals surface area (Å²) in [5.74, 6) is -0.611. The fourth-order valence-electron chi connectivity index (χ4n) is 3.69. The molecule has 2 heterocycles. The Labute approximate surface area is 182 Å². The van der Waals surface area contributed by atoms with Crippen molar-refractivity contribution < 1.29 is 13.9 Å². The number of hydrogen-bond donors (Lipinski definition) is 2. The Morgan fingerprint density at radius 3 is 2.79 bits per heavy atom. The lowest BCUT2D eigenvalue weighted by Gasteiger charge is -2.32. The van der Waals surface area contributed by atoms with Crippen molar-refractivity contribution in [2.45, 2.75) is 25.6 Å². The molecule has 1 saturated heterocycles. The van der Waals surface area contributed by atoms with Crippen molar-refractivity contribution >= 4 is 36.4 Å². The third kappa shape index (κ3) is 5.68. The van der Waals surface area contributed by atoms with E-state index in [4.69, 9.17) is 4.74 Å². The molecule has 5 nitrogen and oxygen atoms in total. The van der Waals surface area contributed by atoms with Gasteiger partial charge in [0, 0.05) is 26.2 Å². The summed E-state index contributed by atoms with van der Waals surface area (Å²) in [5.41, 5.74) is 3.10. The van der Waals surface area contributed by atoms with E-state index in [0.717, 1.165) is 25.2 Å². The number of nitrogens with zero attached hydrogens (tertiary/aromatic N) is 1. The van der Waals surface area contributed by atoms with Crippen molar-refractivity contribution in [3.63, 3.8) is 0 Å². The molecule has 0 aliphatic carbocycles. The van der Waals surface area contributed by atoms with Crippen LogP contribution in [0.25, 0.3) is 0 Å². The van der Waals surface area contributed by atoms with Gasteiger partial charge in [-0.3, -0.25) is 9.69 Å². The number of amides is 1. The molecule has 8 heteroatoms. The first kappa shape index (κ1) is 23.6. The van der Waals surface area contributed by atoms with Crippen LogP contribution < -0.4 is 10.6 Å². The molecule has 1 atom stereocenters. The molecule has 2 aromatic rings. The van der Waals surface area contributed by atoms with Crippen LogP contribution in [0.2, 0.25) is 0 Å². The number of fused-ring (bicyclic) bond motifs is 1. The molecule has 2 aliphatic heterocycles. The van der Waals surface area contributed by atoms with Gasteiger partial charge in [-0.15, -0.1) is 24.8 Å². The van der Waals surface area contributed by atoms with Crippen molar-refractivity contribution in [2.24, 2.45) is 0 Å². The predicted octanol–water partition coefficient (Wildman–Crippen LogP) is 3.15. The molecule has 0 saturated carbocycles. The number of hydrogen-bond acceptors (Lipinski definition) is 4. The number of ether oxygens (including phenoxy) is 1. The average molecular weight is 442 g/mol. The van der Waals surface area contributed by atoms with Crippen LogP contribution in [0.1, 0.15) is 16.7 Å². The predicted molar refractivity (Wildman–Crippen MR) is 116 cm³/mol. The third-order valence-electron chi connectivity index (χ3n) is 5.16. The summed E-state index contributed by atoms with van der Waals surface area (Å²) in [7, 11) is 0. The Bertz CT molecular complexity index is 823. The first-order valence-corrected chi connectivity index (χ1v) is 9.40. The highest BCUT2D eigenvalue weighted by Crippen LogP contribution is 2.25. The lowest BCUT2D eigenvalue weighted by Crippen LogP contribution is -2.47. The van der Waals surface area contributed by atoms with Crippen LogP contribution in [0.15, 0.2) is 42.5 Å². The van der Waals surface area contributed by atoms with E-state index in [0.29, 0.717) is 31.7 Å². The van der Waals surface area contributed by atoms with Gasteiger partial charge in [-0.05, 0) is 35.7 Å². The van der Waals surface area contributed by atoms with Crippen LogP contribution in [0.5, 0.6) is 0 Å². The second kappa shape index (κ2) is 10.9. The smallest absolute Gasteiger partial charge is 0.254 e. The molecule has 4 rings (SSSR count). The molecule has 29 heavy (non-hydrogen) atoms. The van der Waals surface area contributed by atoms with Gasteiger partial charge in [0.15, 0.2) is 0 Å². The number of anilines is 1. The highest BCUT2D eigenvalue weighted by Gasteiger charge is 2.28. The fourth-order valence-corrected chi connectivity index (χ4v) is 3.69. The van der Waals surface area contributed by atoms with Crippen molar-refractivity contribution in [1.29, 1.82) is 0 Å². The number of carbonyl (C=O) groups is 1. The molecule has 0 bridgehead atoms. The van der Waals surface area contributed by atoms with E-state index in [1.165, 1.54) is 5.56 Å². The van der Waals surface area contributed by atoms with Gasteiger partial charge in [-0.25, -0.2) is 4.39 Å². The van der Waals surface area contributed by atoms with Crippen molar-refractivity contribution in [1.82, 2.24) is 10.2 Å². The second-order valence-electron chi connectivity index (χ2n) is 7.06. The zero-order valence-electron chi connectivity index (χ0n) is 16.0. The van der Waals surface area contributed by atoms with Crippen LogP contribution in [-0.4, -0.2) is 43.2 Å². The topological polar surface area (TPSA) is 53.6 Å². The summed E-state index contributed by atoms with van der Waals surface area (Å²) in [6, 6.07) is 13.7. The van der Waals surface area contributed by atoms with Gasteiger partial charge in [-0.1, -0.05) is 36.4 Å². The van der Waals surface area contributed by atoms with Crippen molar-refractivity contribution in [3.05, 3.63) is 65.0 Å². The quantitative estimate of drug-likeness (QED) is 0.764. The maximum Gasteiger partial charge on any atom is 0.254 e. The minimum Gasteiger partial charge on any atom is -0.366 e. The minimum atomic E-state index is -0.598. The van der Waals surface area contributed by atoms with E-state index in [1.807, 2.05) is 24.3 Å². The average Bonchev–Trinajstić information content (AvgIpc) is 2.71. The third-order valence-corrected chi connectivity index (χ3v) is 5.16. The molecular formula is C21H26Cl2FN3O2. The fraction of sp³-hybridized carbons (Fsp3) is 0.381. The Morgan fingerprint density at radius 2 is 2.00 bits per heavy atom. The first-order chi connectivity index (χ1) is 13.2. The molecule has 2 aliphatic rings. The standard InChI is InChI=1S/C21H24FN3O2.2ClH/c22-20-17-8-9-23-12-16(17)6-7-18(20)24-21(26)19-14-25(10-11-27-19)13-15-4-2-1-3-5-15;;/h1-7,19,23H,8-14H2,(H,24,26);2*1H. The van der Waals surface area contributed by atoms with Crippen LogP contribution in [0.4, 0.5) is 10.1 Å². The molecule has 2 N–H and O–H groups in total. The van der Waals surface area contributed by atoms with E-state index in [1.54, 1.807) is 6.07 Å². The van der Waals surface area contributed by atoms with Gasteiger partial charge >= 0.3 is 0 Å². The van der Waals surface area contributed by atoms with Crippen LogP contribution >= 0.6 is 24.8 Å². The summed E-state index contributed by atoms with van der Waals surface area (Å²) in [4.78, 5) is 14.8. The van der Waals surface area contributed by atoms with Crippen molar-refractivity contribution in [3.8, 4) is 0 Å². The van der Waals surface area contributed by atoms with E-state index in [-0.39, 0.29) is 42.2 Å². The van der Waals surface area contributed by atoms with E-state index in [9.17, 15) is 9.18 Å². The summed E-state index contributed by atoms with van der Waals surface area (Å²) in [6.07, 6.45) is 0.0370. The number of carbonyl (C=O) groups excluding carboxylic acids is 1. The Kier molecular flexibility index (Phi) is 8.86. The summed E-state index contributed by atoms with van der Waals surface area (Å²) in [5, 5.41) is 5.95. The Morgan fingerprint density at radius 1 is 1.21 bits per heavy atom. The molecule has 1 fully saturated rings. The Hall–Kier alpha value is -1.70. The highest BCUT2D eigenvalue weighted by atomic mass is 35.5. The van der Waals surface area contributed by atoms with Gasteiger partial charge in [-0.2, -0.15) is 0 Å². The zero-order valence-corrected chi connectivity index (χ0v) is 17.7. The number of morpholine rings is 1. The zero-order chi connectivity index (χ0) is 18.6. The van der Waals surface area contributed by atoms with Gasteiger partial charge in [0.25, 0.3) is 5.91 Å². The lowest BCUT2D eigenvalue weighted by molar-refractivity contribution is -0.133. The SMILES string of the molecule is Cl.Cl.O=C(Nc1ccc2c(c1F)CCNC2)C1CN(Cc2ccccc2)CCO1.